The first kappa shape index (κ1) is 15.5. The van der Waals surface area contributed by atoms with E-state index in [9.17, 15) is 5.11 Å². The summed E-state index contributed by atoms with van der Waals surface area (Å²) in [6.07, 6.45) is 2.08. The Hall–Kier alpha value is -0.930. The standard InChI is InChI=1S/C17H28N2O/c1-5-19(12-15-8-6-7-13(2)18-15)11-14-9-10-17(3,4)16(14)20/h6-8,14,16,20H,5,9-12H2,1-4H3. The lowest BCUT2D eigenvalue weighted by Crippen LogP contribution is -2.36. The maximum atomic E-state index is 10.4. The topological polar surface area (TPSA) is 36.4 Å². The number of aliphatic hydroxyl groups excluding tert-OH is 1. The van der Waals surface area contributed by atoms with Crippen molar-refractivity contribution in [2.75, 3.05) is 13.1 Å². The molecule has 1 aromatic rings. The Labute approximate surface area is 123 Å². The minimum atomic E-state index is -0.179. The van der Waals surface area contributed by atoms with Gasteiger partial charge in [0.25, 0.3) is 0 Å². The van der Waals surface area contributed by atoms with Crippen molar-refractivity contribution in [3.05, 3.63) is 29.6 Å². The quantitative estimate of drug-likeness (QED) is 0.898. The molecule has 1 heterocycles. The Balaban J connectivity index is 1.96. The van der Waals surface area contributed by atoms with Crippen molar-refractivity contribution in [2.45, 2.75) is 53.2 Å². The molecule has 1 aromatic heterocycles. The third-order valence-electron chi connectivity index (χ3n) is 4.68. The maximum Gasteiger partial charge on any atom is 0.0631 e. The predicted molar refractivity (Wildman–Crippen MR) is 82.4 cm³/mol. The molecule has 1 aliphatic carbocycles. The summed E-state index contributed by atoms with van der Waals surface area (Å²) in [4.78, 5) is 6.98. The Bertz CT molecular complexity index is 444. The SMILES string of the molecule is CCN(Cc1cccc(C)n1)CC1CCC(C)(C)C1O. The highest BCUT2D eigenvalue weighted by Gasteiger charge is 2.40. The van der Waals surface area contributed by atoms with Gasteiger partial charge < -0.3 is 5.11 Å². The highest BCUT2D eigenvalue weighted by molar-refractivity contribution is 5.09. The van der Waals surface area contributed by atoms with Crippen LogP contribution in [0.4, 0.5) is 0 Å². The summed E-state index contributed by atoms with van der Waals surface area (Å²) in [5, 5.41) is 10.4. The number of aromatic nitrogens is 1. The Morgan fingerprint density at radius 1 is 1.40 bits per heavy atom. The van der Waals surface area contributed by atoms with Crippen molar-refractivity contribution < 1.29 is 5.11 Å². The minimum absolute atomic E-state index is 0.0751. The highest BCUT2D eigenvalue weighted by Crippen LogP contribution is 2.41. The zero-order valence-corrected chi connectivity index (χ0v) is 13.3. The fourth-order valence-corrected chi connectivity index (χ4v) is 3.25. The summed E-state index contributed by atoms with van der Waals surface area (Å²) < 4.78 is 0. The molecule has 2 atom stereocenters. The molecule has 112 valence electrons. The van der Waals surface area contributed by atoms with Crippen LogP contribution >= 0.6 is 0 Å². The molecular formula is C17H28N2O. The Morgan fingerprint density at radius 2 is 2.15 bits per heavy atom. The van der Waals surface area contributed by atoms with Gasteiger partial charge in [-0.2, -0.15) is 0 Å². The van der Waals surface area contributed by atoms with Crippen LogP contribution in [-0.2, 0) is 6.54 Å². The number of rotatable bonds is 5. The van der Waals surface area contributed by atoms with Gasteiger partial charge in [-0.1, -0.05) is 26.8 Å². The van der Waals surface area contributed by atoms with Crippen LogP contribution in [-0.4, -0.2) is 34.2 Å². The first-order valence-corrected chi connectivity index (χ1v) is 7.75. The van der Waals surface area contributed by atoms with Gasteiger partial charge in [-0.3, -0.25) is 9.88 Å². The zero-order chi connectivity index (χ0) is 14.8. The molecule has 1 fully saturated rings. The molecule has 0 aromatic carbocycles. The van der Waals surface area contributed by atoms with Gasteiger partial charge in [0.1, 0.15) is 0 Å². The monoisotopic (exact) mass is 276 g/mol. The molecule has 0 aliphatic heterocycles. The first-order valence-electron chi connectivity index (χ1n) is 7.75. The van der Waals surface area contributed by atoms with Gasteiger partial charge in [0.05, 0.1) is 11.8 Å². The van der Waals surface area contributed by atoms with Crippen LogP contribution in [0.2, 0.25) is 0 Å². The molecule has 0 radical (unpaired) electrons. The molecule has 3 nitrogen and oxygen atoms in total. The molecule has 2 rings (SSSR count). The second-order valence-corrected chi connectivity index (χ2v) is 6.83. The third kappa shape index (κ3) is 3.58. The number of pyridine rings is 1. The zero-order valence-electron chi connectivity index (χ0n) is 13.3. The number of aryl methyl sites for hydroxylation is 1. The van der Waals surface area contributed by atoms with E-state index in [1.165, 1.54) is 0 Å². The van der Waals surface area contributed by atoms with E-state index in [0.717, 1.165) is 43.9 Å². The second kappa shape index (κ2) is 6.23. The molecule has 1 aliphatic rings. The minimum Gasteiger partial charge on any atom is -0.392 e. The van der Waals surface area contributed by atoms with Gasteiger partial charge >= 0.3 is 0 Å². The molecule has 2 unspecified atom stereocenters. The molecule has 0 bridgehead atoms. The van der Waals surface area contributed by atoms with Crippen LogP contribution in [0.15, 0.2) is 18.2 Å². The van der Waals surface area contributed by atoms with Crippen LogP contribution in [0.5, 0.6) is 0 Å². The summed E-state index contributed by atoms with van der Waals surface area (Å²) in [6.45, 7) is 11.4. The van der Waals surface area contributed by atoms with E-state index < -0.39 is 0 Å². The first-order chi connectivity index (χ1) is 9.42. The summed E-state index contributed by atoms with van der Waals surface area (Å²) in [5.41, 5.74) is 2.27. The summed E-state index contributed by atoms with van der Waals surface area (Å²) in [7, 11) is 0. The molecule has 0 spiro atoms. The number of aliphatic hydroxyl groups is 1. The lowest BCUT2D eigenvalue weighted by Gasteiger charge is -2.29. The smallest absolute Gasteiger partial charge is 0.0631 e. The van der Waals surface area contributed by atoms with Crippen LogP contribution in [0, 0.1) is 18.3 Å². The fraction of sp³-hybridized carbons (Fsp3) is 0.706. The van der Waals surface area contributed by atoms with Crippen LogP contribution in [0.1, 0.15) is 45.0 Å². The van der Waals surface area contributed by atoms with Gasteiger partial charge in [-0.15, -0.1) is 0 Å². The number of hydrogen-bond acceptors (Lipinski definition) is 3. The Kier molecular flexibility index (Phi) is 4.82. The summed E-state index contributed by atoms with van der Waals surface area (Å²) in [5.74, 6) is 0.398. The number of nitrogens with zero attached hydrogens (tertiary/aromatic N) is 2. The van der Waals surface area contributed by atoms with Crippen molar-refractivity contribution in [1.82, 2.24) is 9.88 Å². The van der Waals surface area contributed by atoms with Crippen LogP contribution < -0.4 is 0 Å². The van der Waals surface area contributed by atoms with E-state index in [0.29, 0.717) is 5.92 Å². The van der Waals surface area contributed by atoms with E-state index in [1.807, 2.05) is 13.0 Å². The molecule has 0 amide bonds. The van der Waals surface area contributed by atoms with Crippen molar-refractivity contribution in [2.24, 2.45) is 11.3 Å². The largest absolute Gasteiger partial charge is 0.392 e. The number of hydrogen-bond donors (Lipinski definition) is 1. The van der Waals surface area contributed by atoms with E-state index in [1.54, 1.807) is 0 Å². The van der Waals surface area contributed by atoms with Crippen molar-refractivity contribution in [1.29, 1.82) is 0 Å². The van der Waals surface area contributed by atoms with Crippen molar-refractivity contribution >= 4 is 0 Å². The lowest BCUT2D eigenvalue weighted by atomic mass is 9.87. The summed E-state index contributed by atoms with van der Waals surface area (Å²) in [6, 6.07) is 6.19. The van der Waals surface area contributed by atoms with E-state index in [4.69, 9.17) is 0 Å². The summed E-state index contributed by atoms with van der Waals surface area (Å²) >= 11 is 0. The average Bonchev–Trinajstić information content (AvgIpc) is 2.65. The molecule has 20 heavy (non-hydrogen) atoms. The van der Waals surface area contributed by atoms with Gasteiger partial charge in [0.2, 0.25) is 0 Å². The van der Waals surface area contributed by atoms with Gasteiger partial charge in [-0.05, 0) is 49.8 Å². The predicted octanol–water partition coefficient (Wildman–Crippen LogP) is 3.01. The normalized spacial score (nSPS) is 25.3. The van der Waals surface area contributed by atoms with E-state index >= 15 is 0 Å². The molecule has 1 saturated carbocycles. The van der Waals surface area contributed by atoms with Crippen LogP contribution in [0.25, 0.3) is 0 Å². The van der Waals surface area contributed by atoms with E-state index in [-0.39, 0.29) is 11.5 Å². The van der Waals surface area contributed by atoms with Crippen molar-refractivity contribution in [3.63, 3.8) is 0 Å². The van der Waals surface area contributed by atoms with Gasteiger partial charge in [0.15, 0.2) is 0 Å². The molecule has 3 heteroatoms. The average molecular weight is 276 g/mol. The molecular weight excluding hydrogens is 248 g/mol. The Morgan fingerprint density at radius 3 is 2.70 bits per heavy atom. The maximum absolute atomic E-state index is 10.4. The fourth-order valence-electron chi connectivity index (χ4n) is 3.25. The van der Waals surface area contributed by atoms with Gasteiger partial charge in [-0.25, -0.2) is 0 Å². The van der Waals surface area contributed by atoms with E-state index in [2.05, 4.69) is 42.8 Å². The lowest BCUT2D eigenvalue weighted by molar-refractivity contribution is 0.0321. The molecule has 1 N–H and O–H groups in total. The second-order valence-electron chi connectivity index (χ2n) is 6.83. The third-order valence-corrected chi connectivity index (χ3v) is 4.68. The van der Waals surface area contributed by atoms with Crippen molar-refractivity contribution in [3.8, 4) is 0 Å². The van der Waals surface area contributed by atoms with Gasteiger partial charge in [0, 0.05) is 18.8 Å². The highest BCUT2D eigenvalue weighted by atomic mass is 16.3. The van der Waals surface area contributed by atoms with Crippen LogP contribution in [0.3, 0.4) is 0 Å². The molecule has 0 saturated heterocycles.